The van der Waals surface area contributed by atoms with Gasteiger partial charge in [-0.2, -0.15) is 0 Å². The van der Waals surface area contributed by atoms with Crippen molar-refractivity contribution in [2.45, 2.75) is 19.8 Å². The molecule has 9 heteroatoms. The van der Waals surface area contributed by atoms with Crippen molar-refractivity contribution in [3.63, 3.8) is 0 Å². The van der Waals surface area contributed by atoms with E-state index in [1.165, 1.54) is 16.2 Å². The Bertz CT molecular complexity index is 987. The number of rotatable bonds is 8. The van der Waals surface area contributed by atoms with Gasteiger partial charge in [0.25, 0.3) is 11.5 Å². The van der Waals surface area contributed by atoms with Gasteiger partial charge < -0.3 is 10.1 Å². The summed E-state index contributed by atoms with van der Waals surface area (Å²) in [6, 6.07) is 5.38. The maximum Gasteiger partial charge on any atom is 0.267 e. The molecule has 1 fully saturated rings. The highest BCUT2D eigenvalue weighted by Crippen LogP contribution is 2.33. The van der Waals surface area contributed by atoms with Crippen molar-refractivity contribution in [3.8, 4) is 0 Å². The number of pyridine rings is 1. The number of thiocarbonyl (C=S) groups is 1. The first kappa shape index (κ1) is 20.5. The number of methoxy groups -OCH3 is 1. The second kappa shape index (κ2) is 9.31. The minimum absolute atomic E-state index is 0.190. The summed E-state index contributed by atoms with van der Waals surface area (Å²) in [7, 11) is 1.62. The molecule has 3 rings (SSSR count). The van der Waals surface area contributed by atoms with Crippen molar-refractivity contribution in [1.29, 1.82) is 0 Å². The Labute approximate surface area is 172 Å². The normalized spacial score (nSPS) is 15.8. The SMILES string of the molecule is CCCNc1nc2ccccn2c(=O)c1/C=C1/SC(=S)N(CCCOC)C1=O. The van der Waals surface area contributed by atoms with Crippen LogP contribution in [0.5, 0.6) is 0 Å². The van der Waals surface area contributed by atoms with Crippen molar-refractivity contribution < 1.29 is 9.53 Å². The average Bonchev–Trinajstić information content (AvgIpc) is 2.96. The molecule has 1 N–H and O–H groups in total. The van der Waals surface area contributed by atoms with Gasteiger partial charge in [-0.3, -0.25) is 18.9 Å². The standard InChI is InChI=1S/C19H22N4O3S2/c1-3-8-20-16-13(17(24)22-9-5-4-7-15(22)21-16)12-14-18(25)23(19(27)28-14)10-6-11-26-2/h4-5,7,9,12,20H,3,6,8,10-11H2,1-2H3/b14-12+. The number of hydrogen-bond acceptors (Lipinski definition) is 7. The molecule has 0 saturated carbocycles. The highest BCUT2D eigenvalue weighted by atomic mass is 32.2. The molecule has 148 valence electrons. The lowest BCUT2D eigenvalue weighted by Crippen LogP contribution is -2.29. The van der Waals surface area contributed by atoms with Crippen molar-refractivity contribution >= 4 is 51.7 Å². The second-order valence-electron chi connectivity index (χ2n) is 6.21. The largest absolute Gasteiger partial charge is 0.385 e. The minimum atomic E-state index is -0.228. The topological polar surface area (TPSA) is 75.9 Å². The quantitative estimate of drug-likeness (QED) is 0.401. The van der Waals surface area contributed by atoms with E-state index in [1.807, 2.05) is 13.0 Å². The number of hydrogen-bond donors (Lipinski definition) is 1. The number of aromatic nitrogens is 2. The van der Waals surface area contributed by atoms with Gasteiger partial charge in [0.1, 0.15) is 15.8 Å². The Balaban J connectivity index is 2.00. The molecule has 0 radical (unpaired) electrons. The number of anilines is 1. The highest BCUT2D eigenvalue weighted by molar-refractivity contribution is 8.26. The van der Waals surface area contributed by atoms with Crippen LogP contribution in [0.15, 0.2) is 34.1 Å². The van der Waals surface area contributed by atoms with Crippen LogP contribution < -0.4 is 10.9 Å². The predicted molar refractivity (Wildman–Crippen MR) is 117 cm³/mol. The molecule has 0 spiro atoms. The summed E-state index contributed by atoms with van der Waals surface area (Å²) < 4.78 is 7.01. The molecule has 1 amide bonds. The smallest absolute Gasteiger partial charge is 0.267 e. The summed E-state index contributed by atoms with van der Waals surface area (Å²) in [4.78, 5) is 32.4. The number of amides is 1. The van der Waals surface area contributed by atoms with Crippen LogP contribution in [0.3, 0.4) is 0 Å². The summed E-state index contributed by atoms with van der Waals surface area (Å²) in [6.45, 7) is 3.75. The molecular weight excluding hydrogens is 396 g/mol. The molecule has 2 aromatic heterocycles. The number of nitrogens with zero attached hydrogens (tertiary/aromatic N) is 3. The Kier molecular flexibility index (Phi) is 6.82. The molecule has 0 unspecified atom stereocenters. The Hall–Kier alpha value is -2.23. The van der Waals surface area contributed by atoms with E-state index in [-0.39, 0.29) is 11.5 Å². The lowest BCUT2D eigenvalue weighted by molar-refractivity contribution is -0.122. The van der Waals surface area contributed by atoms with Crippen LogP contribution in [0.1, 0.15) is 25.3 Å². The van der Waals surface area contributed by atoms with E-state index in [0.29, 0.717) is 52.4 Å². The van der Waals surface area contributed by atoms with Crippen molar-refractivity contribution in [3.05, 3.63) is 45.2 Å². The lowest BCUT2D eigenvalue weighted by atomic mass is 10.2. The third-order valence-corrected chi connectivity index (χ3v) is 5.57. The highest BCUT2D eigenvalue weighted by Gasteiger charge is 2.32. The van der Waals surface area contributed by atoms with E-state index in [1.54, 1.807) is 36.4 Å². The van der Waals surface area contributed by atoms with Crippen molar-refractivity contribution in [2.75, 3.05) is 32.1 Å². The summed E-state index contributed by atoms with van der Waals surface area (Å²) in [5.41, 5.74) is 0.679. The molecule has 7 nitrogen and oxygen atoms in total. The van der Waals surface area contributed by atoms with Crippen LogP contribution in [-0.2, 0) is 9.53 Å². The van der Waals surface area contributed by atoms with Gasteiger partial charge in [0.05, 0.1) is 10.5 Å². The van der Waals surface area contributed by atoms with Crippen LogP contribution in [0, 0.1) is 0 Å². The van der Waals surface area contributed by atoms with Gasteiger partial charge in [-0.25, -0.2) is 4.98 Å². The monoisotopic (exact) mass is 418 g/mol. The van der Waals surface area contributed by atoms with E-state index >= 15 is 0 Å². The van der Waals surface area contributed by atoms with E-state index in [4.69, 9.17) is 17.0 Å². The first-order valence-electron chi connectivity index (χ1n) is 9.06. The summed E-state index contributed by atoms with van der Waals surface area (Å²) in [5.74, 6) is 0.285. The van der Waals surface area contributed by atoms with Gasteiger partial charge in [0.2, 0.25) is 0 Å². The van der Waals surface area contributed by atoms with Crippen LogP contribution >= 0.6 is 24.0 Å². The van der Waals surface area contributed by atoms with Gasteiger partial charge in [-0.05, 0) is 31.1 Å². The third-order valence-electron chi connectivity index (χ3n) is 4.19. The van der Waals surface area contributed by atoms with Gasteiger partial charge >= 0.3 is 0 Å². The first-order chi connectivity index (χ1) is 13.6. The van der Waals surface area contributed by atoms with Gasteiger partial charge in [-0.15, -0.1) is 0 Å². The zero-order chi connectivity index (χ0) is 20.1. The molecule has 0 aromatic carbocycles. The number of carbonyl (C=O) groups is 1. The molecule has 0 atom stereocenters. The molecule has 28 heavy (non-hydrogen) atoms. The molecule has 2 aromatic rings. The molecule has 0 aliphatic carbocycles. The van der Waals surface area contributed by atoms with Gasteiger partial charge in [-0.1, -0.05) is 37.0 Å². The first-order valence-corrected chi connectivity index (χ1v) is 10.3. The zero-order valence-electron chi connectivity index (χ0n) is 15.8. The molecular formula is C19H22N4O3S2. The molecule has 1 saturated heterocycles. The summed E-state index contributed by atoms with van der Waals surface area (Å²) >= 11 is 6.55. The van der Waals surface area contributed by atoms with Crippen LogP contribution in [-0.4, -0.2) is 51.3 Å². The maximum atomic E-state index is 13.0. The Morgan fingerprint density at radius 1 is 1.36 bits per heavy atom. The number of carbonyl (C=O) groups excluding carboxylic acids is 1. The minimum Gasteiger partial charge on any atom is -0.385 e. The van der Waals surface area contributed by atoms with E-state index in [0.717, 1.165) is 6.42 Å². The molecule has 1 aliphatic heterocycles. The fourth-order valence-electron chi connectivity index (χ4n) is 2.80. The number of thioether (sulfide) groups is 1. The molecule has 1 aliphatic rings. The lowest BCUT2D eigenvalue weighted by Gasteiger charge is -2.13. The fraction of sp³-hybridized carbons (Fsp3) is 0.368. The van der Waals surface area contributed by atoms with E-state index < -0.39 is 0 Å². The average molecular weight is 419 g/mol. The maximum absolute atomic E-state index is 13.0. The predicted octanol–water partition coefficient (Wildman–Crippen LogP) is 2.75. The molecule has 3 heterocycles. The Morgan fingerprint density at radius 3 is 2.93 bits per heavy atom. The number of fused-ring (bicyclic) bond motifs is 1. The summed E-state index contributed by atoms with van der Waals surface area (Å²) in [5, 5.41) is 3.20. The second-order valence-corrected chi connectivity index (χ2v) is 7.89. The van der Waals surface area contributed by atoms with E-state index in [2.05, 4.69) is 10.3 Å². The summed E-state index contributed by atoms with van der Waals surface area (Å²) in [6.07, 6.45) is 4.85. The number of ether oxygens (including phenoxy) is 1. The molecule has 0 bridgehead atoms. The zero-order valence-corrected chi connectivity index (χ0v) is 17.4. The van der Waals surface area contributed by atoms with E-state index in [9.17, 15) is 9.59 Å². The van der Waals surface area contributed by atoms with Crippen LogP contribution in [0.2, 0.25) is 0 Å². The number of nitrogens with one attached hydrogen (secondary N) is 1. The Morgan fingerprint density at radius 2 is 2.18 bits per heavy atom. The van der Waals surface area contributed by atoms with Crippen LogP contribution in [0.25, 0.3) is 11.7 Å². The fourth-order valence-corrected chi connectivity index (χ4v) is 4.09. The van der Waals surface area contributed by atoms with Crippen molar-refractivity contribution in [1.82, 2.24) is 14.3 Å². The van der Waals surface area contributed by atoms with Crippen LogP contribution in [0.4, 0.5) is 5.82 Å². The third kappa shape index (κ3) is 4.26. The van der Waals surface area contributed by atoms with Gasteiger partial charge in [0, 0.05) is 33.0 Å². The van der Waals surface area contributed by atoms with Crippen molar-refractivity contribution in [2.24, 2.45) is 0 Å². The van der Waals surface area contributed by atoms with Gasteiger partial charge in [0.15, 0.2) is 0 Å².